The monoisotopic (exact) mass is 616 g/mol. The molecule has 0 saturated carbocycles. The van der Waals surface area contributed by atoms with Crippen molar-refractivity contribution in [3.63, 3.8) is 0 Å². The average molecular weight is 617 g/mol. The first-order chi connectivity index (χ1) is 22.0. The number of carbonyl (C=O) groups is 1. The molecule has 1 unspecified atom stereocenters. The number of hydrogen-bond donors (Lipinski definition) is 0. The summed E-state index contributed by atoms with van der Waals surface area (Å²) in [6.45, 7) is 7.73. The molecule has 45 heavy (non-hydrogen) atoms. The fourth-order valence-electron chi connectivity index (χ4n) is 5.28. The Morgan fingerprint density at radius 1 is 1.11 bits per heavy atom. The van der Waals surface area contributed by atoms with E-state index in [2.05, 4.69) is 19.4 Å². The van der Waals surface area contributed by atoms with Crippen LogP contribution in [0.2, 0.25) is 0 Å². The number of rotatable bonds is 10. The molecule has 4 aromatic rings. The lowest BCUT2D eigenvalue weighted by atomic mass is 10.1. The summed E-state index contributed by atoms with van der Waals surface area (Å²) >= 11 is 0. The molecular formula is C33H37FN6O5. The Kier molecular flexibility index (Phi) is 10.5. The predicted molar refractivity (Wildman–Crippen MR) is 163 cm³/mol. The molecule has 0 N–H and O–H groups in total. The number of nitrogens with zero attached hydrogens (tertiary/aromatic N) is 6. The van der Waals surface area contributed by atoms with Crippen molar-refractivity contribution in [2.45, 2.75) is 65.0 Å². The Morgan fingerprint density at radius 2 is 1.91 bits per heavy atom. The number of imidazole rings is 1. The molecule has 236 valence electrons. The van der Waals surface area contributed by atoms with E-state index in [-0.39, 0.29) is 36.1 Å². The molecule has 2 aromatic heterocycles. The Morgan fingerprint density at radius 3 is 2.60 bits per heavy atom. The maximum atomic E-state index is 14.1. The summed E-state index contributed by atoms with van der Waals surface area (Å²) in [7, 11) is 1.38. The first-order valence-corrected chi connectivity index (χ1v) is 15.2. The molecule has 2 aliphatic rings. The van der Waals surface area contributed by atoms with Crippen LogP contribution in [0.4, 0.5) is 4.39 Å². The van der Waals surface area contributed by atoms with Gasteiger partial charge in [-0.3, -0.25) is 4.90 Å². The van der Waals surface area contributed by atoms with Crippen molar-refractivity contribution in [1.29, 1.82) is 5.26 Å². The number of aromatic nitrogens is 4. The van der Waals surface area contributed by atoms with Crippen molar-refractivity contribution < 1.29 is 28.1 Å². The molecule has 0 radical (unpaired) electrons. The summed E-state index contributed by atoms with van der Waals surface area (Å²) in [5, 5.41) is 8.90. The first-order valence-electron chi connectivity index (χ1n) is 15.2. The maximum Gasteiger partial charge on any atom is 0.337 e. The second kappa shape index (κ2) is 14.9. The third kappa shape index (κ3) is 7.74. The number of methoxy groups -OCH3 is 1. The standard InChI is InChI=1S/C31H31FN6O5.C2H6/c1-40-31(39)21-3-4-25-26(15-21)38(17-23-9-13-41-23)29(35-25)18-37-11-7-22(8-12-37)43-30-6-10-34-28(36-30)19-42-27-5-2-20(16-33)14-24(27)32;1-2/h2-6,10,14-15,22-23H,7-9,11-13,17-19H2,1H3;1-2H3. The molecule has 2 aromatic carbocycles. The summed E-state index contributed by atoms with van der Waals surface area (Å²) < 4.78 is 38.6. The molecule has 6 rings (SSSR count). The van der Waals surface area contributed by atoms with Crippen molar-refractivity contribution in [2.75, 3.05) is 26.8 Å². The van der Waals surface area contributed by atoms with Crippen LogP contribution >= 0.6 is 0 Å². The van der Waals surface area contributed by atoms with Crippen molar-refractivity contribution in [3.05, 3.63) is 77.3 Å². The van der Waals surface area contributed by atoms with E-state index in [1.54, 1.807) is 18.3 Å². The molecule has 0 amide bonds. The number of halogens is 1. The second-order valence-electron chi connectivity index (χ2n) is 10.6. The van der Waals surface area contributed by atoms with E-state index in [0.29, 0.717) is 30.4 Å². The average Bonchev–Trinajstić information content (AvgIpc) is 3.39. The van der Waals surface area contributed by atoms with E-state index in [1.165, 1.54) is 19.2 Å². The number of nitriles is 1. The van der Waals surface area contributed by atoms with Gasteiger partial charge >= 0.3 is 5.97 Å². The lowest BCUT2D eigenvalue weighted by Gasteiger charge is -2.32. The molecule has 11 nitrogen and oxygen atoms in total. The van der Waals surface area contributed by atoms with Crippen LogP contribution in [-0.4, -0.2) is 69.4 Å². The molecule has 2 saturated heterocycles. The van der Waals surface area contributed by atoms with Gasteiger partial charge in [-0.25, -0.2) is 19.2 Å². The van der Waals surface area contributed by atoms with E-state index in [4.69, 9.17) is 29.2 Å². The predicted octanol–water partition coefficient (Wildman–Crippen LogP) is 5.06. The van der Waals surface area contributed by atoms with E-state index < -0.39 is 5.82 Å². The van der Waals surface area contributed by atoms with Crippen molar-refractivity contribution >= 4 is 17.0 Å². The molecule has 2 aliphatic heterocycles. The van der Waals surface area contributed by atoms with Gasteiger partial charge in [-0.05, 0) is 55.7 Å². The summed E-state index contributed by atoms with van der Waals surface area (Å²) in [4.78, 5) is 28.0. The highest BCUT2D eigenvalue weighted by Gasteiger charge is 2.26. The van der Waals surface area contributed by atoms with Crippen LogP contribution in [0.3, 0.4) is 0 Å². The fourth-order valence-corrected chi connectivity index (χ4v) is 5.28. The molecule has 2 fully saturated rings. The van der Waals surface area contributed by atoms with Crippen LogP contribution in [0.1, 0.15) is 60.7 Å². The lowest BCUT2D eigenvalue weighted by molar-refractivity contribution is -0.0592. The third-order valence-corrected chi connectivity index (χ3v) is 7.71. The minimum atomic E-state index is -0.615. The largest absolute Gasteiger partial charge is 0.483 e. The van der Waals surface area contributed by atoms with Crippen molar-refractivity contribution in [3.8, 4) is 17.7 Å². The minimum absolute atomic E-state index is 0.0132. The van der Waals surface area contributed by atoms with Gasteiger partial charge in [0, 0.05) is 32.0 Å². The number of esters is 1. The van der Waals surface area contributed by atoms with Gasteiger partial charge in [-0.2, -0.15) is 10.2 Å². The fraction of sp³-hybridized carbons (Fsp3) is 0.424. The normalized spacial score (nSPS) is 16.6. The van der Waals surface area contributed by atoms with Crippen LogP contribution in [0.5, 0.6) is 11.6 Å². The van der Waals surface area contributed by atoms with Gasteiger partial charge in [0.15, 0.2) is 17.4 Å². The molecule has 0 aliphatic carbocycles. The van der Waals surface area contributed by atoms with Gasteiger partial charge in [0.25, 0.3) is 0 Å². The maximum absolute atomic E-state index is 14.1. The van der Waals surface area contributed by atoms with E-state index in [0.717, 1.165) is 61.9 Å². The van der Waals surface area contributed by atoms with Gasteiger partial charge < -0.3 is 23.5 Å². The van der Waals surface area contributed by atoms with E-state index >= 15 is 0 Å². The zero-order valence-corrected chi connectivity index (χ0v) is 25.7. The van der Waals surface area contributed by atoms with Gasteiger partial charge in [0.1, 0.15) is 18.5 Å². The molecule has 0 spiro atoms. The molecule has 12 heteroatoms. The highest BCUT2D eigenvalue weighted by atomic mass is 19.1. The SMILES string of the molecule is CC.COC(=O)c1ccc2nc(CN3CCC(Oc4ccnc(COc5ccc(C#N)cc5F)n4)CC3)n(CC3CCO3)c2c1. The number of hydrogen-bond acceptors (Lipinski definition) is 10. The molecule has 4 heterocycles. The van der Waals surface area contributed by atoms with Crippen molar-refractivity contribution in [2.24, 2.45) is 0 Å². The Balaban J connectivity index is 0.00000196. The number of piperidine rings is 1. The molecular weight excluding hydrogens is 579 g/mol. The van der Waals surface area contributed by atoms with Crippen molar-refractivity contribution in [1.82, 2.24) is 24.4 Å². The Bertz CT molecular complexity index is 1660. The van der Waals surface area contributed by atoms with Crippen LogP contribution in [-0.2, 0) is 29.2 Å². The summed E-state index contributed by atoms with van der Waals surface area (Å²) in [5.74, 6) is 0.780. The van der Waals surface area contributed by atoms with E-state index in [9.17, 15) is 9.18 Å². The number of likely N-dealkylation sites (tertiary alicyclic amines) is 1. The lowest BCUT2D eigenvalue weighted by Crippen LogP contribution is -2.39. The summed E-state index contributed by atoms with van der Waals surface area (Å²) in [6.07, 6.45) is 4.34. The van der Waals surface area contributed by atoms with Crippen LogP contribution in [0, 0.1) is 17.1 Å². The van der Waals surface area contributed by atoms with Crippen LogP contribution in [0.15, 0.2) is 48.7 Å². The van der Waals surface area contributed by atoms with Gasteiger partial charge in [-0.1, -0.05) is 13.8 Å². The van der Waals surface area contributed by atoms with Gasteiger partial charge in [0.2, 0.25) is 5.88 Å². The topological polar surface area (TPSA) is 125 Å². The number of ether oxygens (including phenoxy) is 4. The number of fused-ring (bicyclic) bond motifs is 1. The van der Waals surface area contributed by atoms with E-state index in [1.807, 2.05) is 32.0 Å². The Hall–Kier alpha value is -4.60. The second-order valence-corrected chi connectivity index (χ2v) is 10.6. The summed E-state index contributed by atoms with van der Waals surface area (Å²) in [5.41, 5.74) is 2.46. The van der Waals surface area contributed by atoms with Crippen LogP contribution in [0.25, 0.3) is 11.0 Å². The molecule has 0 bridgehead atoms. The zero-order chi connectivity index (χ0) is 31.8. The quantitative estimate of drug-likeness (QED) is 0.223. The highest BCUT2D eigenvalue weighted by molar-refractivity contribution is 5.93. The smallest absolute Gasteiger partial charge is 0.337 e. The molecule has 1 atom stereocenters. The minimum Gasteiger partial charge on any atom is -0.483 e. The number of benzene rings is 2. The van der Waals surface area contributed by atoms with Crippen LogP contribution < -0.4 is 9.47 Å². The first kappa shape index (κ1) is 31.8. The third-order valence-electron chi connectivity index (χ3n) is 7.71. The number of carbonyl (C=O) groups excluding carboxylic acids is 1. The van der Waals surface area contributed by atoms with Gasteiger partial charge in [-0.15, -0.1) is 0 Å². The highest BCUT2D eigenvalue weighted by Crippen LogP contribution is 2.25. The van der Waals surface area contributed by atoms with Gasteiger partial charge in [0.05, 0.1) is 54.5 Å². The zero-order valence-electron chi connectivity index (χ0n) is 25.7. The Labute approximate surface area is 261 Å². The summed E-state index contributed by atoms with van der Waals surface area (Å²) in [6, 6.07) is 13.1.